The minimum atomic E-state index is -2.18. The van der Waals surface area contributed by atoms with Crippen LogP contribution in [-0.4, -0.2) is 17.2 Å². The molecule has 0 spiro atoms. The fourth-order valence-electron chi connectivity index (χ4n) is 7.55. The van der Waals surface area contributed by atoms with Gasteiger partial charge in [-0.1, -0.05) is 137 Å². The fraction of sp³-hybridized carbons (Fsp3) is 0.186. The Morgan fingerprint density at radius 3 is 1.56 bits per heavy atom. The first kappa shape index (κ1) is 31.3. The van der Waals surface area contributed by atoms with Crippen LogP contribution in [0.5, 0.6) is 0 Å². The first-order valence-corrected chi connectivity index (χ1v) is 17.4. The minimum Gasteiger partial charge on any atom is -0.674 e. The first-order valence-electron chi connectivity index (χ1n) is 17.4. The molecule has 4 nitrogen and oxygen atoms in total. The summed E-state index contributed by atoms with van der Waals surface area (Å²) in [6.45, 7) is 6.76. The van der Waals surface area contributed by atoms with Gasteiger partial charge >= 0.3 is 6.55 Å². The van der Waals surface area contributed by atoms with E-state index in [1.807, 2.05) is 12.1 Å². The highest BCUT2D eigenvalue weighted by molar-refractivity contribution is 6.93. The van der Waals surface area contributed by atoms with Gasteiger partial charge in [0.25, 0.3) is 0 Å². The Morgan fingerprint density at radius 2 is 1.04 bits per heavy atom. The molecule has 5 aromatic rings. The average Bonchev–Trinajstić information content (AvgIpc) is 3.74. The van der Waals surface area contributed by atoms with Crippen LogP contribution in [0.3, 0.4) is 0 Å². The van der Waals surface area contributed by atoms with Gasteiger partial charge in [-0.2, -0.15) is 0 Å². The van der Waals surface area contributed by atoms with E-state index >= 15 is 0 Å². The molecule has 0 atom stereocenters. The third kappa shape index (κ3) is 5.43. The summed E-state index contributed by atoms with van der Waals surface area (Å²) in [6.07, 6.45) is 5.68. The lowest BCUT2D eigenvalue weighted by Crippen LogP contribution is -2.70. The van der Waals surface area contributed by atoms with E-state index in [1.54, 1.807) is 0 Å². The van der Waals surface area contributed by atoms with Crippen LogP contribution >= 0.6 is 0 Å². The van der Waals surface area contributed by atoms with Gasteiger partial charge in [-0.3, -0.25) is 0 Å². The van der Waals surface area contributed by atoms with Crippen molar-refractivity contribution >= 4 is 28.9 Å². The third-order valence-electron chi connectivity index (χ3n) is 9.79. The summed E-state index contributed by atoms with van der Waals surface area (Å²) in [6, 6.07) is 42.1. The summed E-state index contributed by atoms with van der Waals surface area (Å²) in [5.41, 5.74) is 13.8. The number of rotatable bonds is 9. The van der Waals surface area contributed by atoms with E-state index in [0.717, 1.165) is 70.9 Å². The molecular weight excluding hydrogens is 587 g/mol. The van der Waals surface area contributed by atoms with Crippen LogP contribution in [0.15, 0.2) is 150 Å². The second-order valence-electron chi connectivity index (χ2n) is 12.5. The monoisotopic (exact) mass is 630 g/mol. The second kappa shape index (κ2) is 13.4. The molecule has 0 fully saturated rings. The number of hydrogen-bond acceptors (Lipinski definition) is 2. The van der Waals surface area contributed by atoms with Gasteiger partial charge in [0.15, 0.2) is 0 Å². The van der Waals surface area contributed by atoms with E-state index in [1.165, 1.54) is 33.4 Å². The molecular formula is C43H43BN2O2. The molecule has 0 unspecified atom stereocenters. The highest BCUT2D eigenvalue weighted by Crippen LogP contribution is 2.39. The molecule has 0 aliphatic carbocycles. The van der Waals surface area contributed by atoms with Gasteiger partial charge in [0.1, 0.15) is 5.76 Å². The van der Waals surface area contributed by atoms with Crippen molar-refractivity contribution in [2.45, 2.75) is 53.4 Å². The smallest absolute Gasteiger partial charge is 0.406 e. The number of benzene rings is 4. The molecule has 0 saturated carbocycles. The van der Waals surface area contributed by atoms with Gasteiger partial charge in [-0.15, -0.1) is 10.9 Å². The van der Waals surface area contributed by atoms with Gasteiger partial charge in [-0.25, -0.2) is 4.99 Å². The van der Waals surface area contributed by atoms with Crippen molar-refractivity contribution < 1.29 is 14.3 Å². The molecule has 3 heterocycles. The zero-order valence-corrected chi connectivity index (χ0v) is 28.3. The molecule has 5 heteroatoms. The summed E-state index contributed by atoms with van der Waals surface area (Å²) in [5, 5.41) is 0. The quantitative estimate of drug-likeness (QED) is 0.167. The van der Waals surface area contributed by atoms with Gasteiger partial charge in [-0.05, 0) is 54.5 Å². The van der Waals surface area contributed by atoms with E-state index in [4.69, 9.17) is 9.31 Å². The number of hydrogen-bond donors (Lipinski definition) is 2. The van der Waals surface area contributed by atoms with Crippen molar-refractivity contribution in [2.75, 3.05) is 0 Å². The van der Waals surface area contributed by atoms with Crippen LogP contribution in [0.1, 0.15) is 62.9 Å². The predicted octanol–water partition coefficient (Wildman–Crippen LogP) is 7.36. The van der Waals surface area contributed by atoms with E-state index in [9.17, 15) is 0 Å². The highest BCUT2D eigenvalue weighted by Gasteiger charge is 2.43. The Balaban J connectivity index is 1.53. The van der Waals surface area contributed by atoms with Crippen LogP contribution in [0.25, 0.3) is 17.0 Å². The molecule has 2 aliphatic rings. The van der Waals surface area contributed by atoms with Crippen molar-refractivity contribution in [3.05, 3.63) is 172 Å². The van der Waals surface area contributed by atoms with E-state index in [0.29, 0.717) is 0 Å². The number of nitrogens with one attached hydrogen (secondary N) is 2. The Bertz CT molecular complexity index is 2000. The maximum Gasteiger partial charge on any atom is 0.406 e. The van der Waals surface area contributed by atoms with Crippen LogP contribution < -0.4 is 15.9 Å². The van der Waals surface area contributed by atoms with Gasteiger partial charge in [0.2, 0.25) is 11.4 Å². The van der Waals surface area contributed by atoms with E-state index in [-0.39, 0.29) is 0 Å². The topological polar surface area (TPSA) is 48.2 Å². The van der Waals surface area contributed by atoms with Gasteiger partial charge in [0.05, 0.1) is 11.5 Å². The van der Waals surface area contributed by atoms with Crippen LogP contribution in [0, 0.1) is 0 Å². The number of allylic oxidation sites excluding steroid dienone is 3. The summed E-state index contributed by atoms with van der Waals surface area (Å²) in [5.74, 6) is 1.57. The van der Waals surface area contributed by atoms with Gasteiger partial charge in [0, 0.05) is 28.5 Å². The van der Waals surface area contributed by atoms with Crippen molar-refractivity contribution in [1.82, 2.24) is 4.98 Å². The molecule has 2 aliphatic heterocycles. The Morgan fingerprint density at radius 1 is 0.542 bits per heavy atom. The van der Waals surface area contributed by atoms with Crippen LogP contribution in [-0.2, 0) is 22.2 Å². The second-order valence-corrected chi connectivity index (χ2v) is 12.5. The van der Waals surface area contributed by atoms with Crippen LogP contribution in [0.4, 0.5) is 0 Å². The lowest BCUT2D eigenvalue weighted by Gasteiger charge is -2.47. The van der Waals surface area contributed by atoms with Crippen molar-refractivity contribution in [3.63, 3.8) is 0 Å². The SMILES string of the molecule is CCC1=C(CC)/C(=C2\C=C(c3[nH]c(-c4ccccc4)c(CC)c3CC)O[B-](c3ccccc3)(c3ccccc3)O2)[NH+]=C1c1ccccc1. The van der Waals surface area contributed by atoms with Crippen molar-refractivity contribution in [1.29, 1.82) is 0 Å². The molecule has 0 bridgehead atoms. The third-order valence-corrected chi connectivity index (χ3v) is 9.79. The first-order chi connectivity index (χ1) is 23.6. The standard InChI is InChI=1S/C43H42BN2O2/c1-5-34-36(7-3)42(45-40(34)30-21-13-9-14-22-30)38-29-39(43-37(8-4)35(6-2)41(46-43)31-23-15-10-16-24-31)48-44(47-38,32-25-17-11-18-26-32)33-27-19-12-20-28-33/h9-29,45H,5-8H2,1-4H3/q-1/p+1/b43-39-. The Hall–Kier alpha value is -5.29. The summed E-state index contributed by atoms with van der Waals surface area (Å²) >= 11 is 0. The molecule has 0 saturated heterocycles. The van der Waals surface area contributed by atoms with Gasteiger partial charge < -0.3 is 14.3 Å². The van der Waals surface area contributed by atoms with Crippen molar-refractivity contribution in [3.8, 4) is 11.3 Å². The molecule has 0 amide bonds. The lowest BCUT2D eigenvalue weighted by atomic mass is 9.45. The number of H-pyrrole nitrogens is 1. The maximum absolute atomic E-state index is 7.33. The molecule has 4 aromatic carbocycles. The fourth-order valence-corrected chi connectivity index (χ4v) is 7.55. The molecule has 0 radical (unpaired) electrons. The average molecular weight is 631 g/mol. The van der Waals surface area contributed by atoms with Crippen molar-refractivity contribution in [2.24, 2.45) is 0 Å². The number of aromatic nitrogens is 1. The summed E-state index contributed by atoms with van der Waals surface area (Å²) in [4.78, 5) is 7.74. The molecule has 240 valence electrons. The maximum atomic E-state index is 7.33. The highest BCUT2D eigenvalue weighted by atomic mass is 16.6. The minimum absolute atomic E-state index is 0.786. The zero-order chi connectivity index (χ0) is 33.1. The lowest BCUT2D eigenvalue weighted by molar-refractivity contribution is -0.390. The Kier molecular flexibility index (Phi) is 8.77. The van der Waals surface area contributed by atoms with E-state index in [2.05, 4.69) is 153 Å². The predicted molar refractivity (Wildman–Crippen MR) is 199 cm³/mol. The summed E-state index contributed by atoms with van der Waals surface area (Å²) < 4.78 is 14.7. The molecule has 2 N–H and O–H groups in total. The Labute approximate surface area is 284 Å². The zero-order valence-electron chi connectivity index (χ0n) is 28.3. The van der Waals surface area contributed by atoms with E-state index < -0.39 is 6.55 Å². The molecule has 48 heavy (non-hydrogen) atoms. The normalized spacial score (nSPS) is 17.1. The van der Waals surface area contributed by atoms with Crippen LogP contribution in [0.2, 0.25) is 0 Å². The molecule has 7 rings (SSSR count). The largest absolute Gasteiger partial charge is 0.674 e. The molecule has 1 aromatic heterocycles. The summed E-state index contributed by atoms with van der Waals surface area (Å²) in [7, 11) is 0. The number of aromatic amines is 1.